The number of anilines is 1. The third-order valence-electron chi connectivity index (χ3n) is 3.87. The minimum absolute atomic E-state index is 0.209. The van der Waals surface area contributed by atoms with Gasteiger partial charge in [-0.1, -0.05) is 24.3 Å². The Morgan fingerprint density at radius 1 is 1.12 bits per heavy atom. The molecule has 1 heterocycles. The summed E-state index contributed by atoms with van der Waals surface area (Å²) in [4.78, 5) is 41.3. The van der Waals surface area contributed by atoms with Crippen molar-refractivity contribution in [2.24, 2.45) is 7.05 Å². The molecular formula is C19H17N3O4. The van der Waals surface area contributed by atoms with Crippen molar-refractivity contribution in [1.29, 1.82) is 0 Å². The van der Waals surface area contributed by atoms with Crippen molar-refractivity contribution in [2.75, 3.05) is 11.9 Å². The van der Waals surface area contributed by atoms with Crippen molar-refractivity contribution in [3.05, 3.63) is 70.1 Å². The van der Waals surface area contributed by atoms with Crippen LogP contribution in [-0.4, -0.2) is 28.0 Å². The maximum absolute atomic E-state index is 12.6. The SMILES string of the molecule is CCOC(=O)c1ccccc1NC(=O)c1nc2ccccc2n(C)c1=O. The van der Waals surface area contributed by atoms with Gasteiger partial charge in [0.15, 0.2) is 5.69 Å². The van der Waals surface area contributed by atoms with Crippen molar-refractivity contribution < 1.29 is 14.3 Å². The molecule has 0 spiro atoms. The summed E-state index contributed by atoms with van der Waals surface area (Å²) in [5, 5.41) is 2.58. The number of esters is 1. The number of ether oxygens (including phenoxy) is 1. The van der Waals surface area contributed by atoms with E-state index in [2.05, 4.69) is 10.3 Å². The average molecular weight is 351 g/mol. The predicted molar refractivity (Wildman–Crippen MR) is 97.3 cm³/mol. The number of fused-ring (bicyclic) bond motifs is 1. The summed E-state index contributed by atoms with van der Waals surface area (Å²) in [6.07, 6.45) is 0. The quantitative estimate of drug-likeness (QED) is 0.729. The maximum atomic E-state index is 12.6. The second kappa shape index (κ2) is 7.18. The maximum Gasteiger partial charge on any atom is 0.340 e. The highest BCUT2D eigenvalue weighted by Gasteiger charge is 2.19. The van der Waals surface area contributed by atoms with Crippen LogP contribution < -0.4 is 10.9 Å². The second-order valence-electron chi connectivity index (χ2n) is 5.53. The standard InChI is InChI=1S/C19H17N3O4/c1-3-26-19(25)12-8-4-5-9-13(12)21-17(23)16-18(24)22(2)15-11-7-6-10-14(15)20-16/h4-11H,3H2,1-2H3,(H,21,23). The molecule has 0 aliphatic carbocycles. The number of hydrogen-bond donors (Lipinski definition) is 1. The minimum atomic E-state index is -0.687. The van der Waals surface area contributed by atoms with Gasteiger partial charge < -0.3 is 14.6 Å². The number of amides is 1. The number of para-hydroxylation sites is 3. The Labute approximate surface area is 149 Å². The number of benzene rings is 2. The van der Waals surface area contributed by atoms with Gasteiger partial charge in [0, 0.05) is 7.05 Å². The Morgan fingerprint density at radius 2 is 1.81 bits per heavy atom. The van der Waals surface area contributed by atoms with Gasteiger partial charge in [-0.15, -0.1) is 0 Å². The first-order chi connectivity index (χ1) is 12.5. The Balaban J connectivity index is 2.00. The largest absolute Gasteiger partial charge is 0.462 e. The van der Waals surface area contributed by atoms with Crippen molar-refractivity contribution in [3.8, 4) is 0 Å². The molecule has 0 atom stereocenters. The molecule has 0 fully saturated rings. The highest BCUT2D eigenvalue weighted by Crippen LogP contribution is 2.17. The number of aromatic nitrogens is 2. The second-order valence-corrected chi connectivity index (χ2v) is 5.53. The van der Waals surface area contributed by atoms with E-state index in [-0.39, 0.29) is 23.6 Å². The van der Waals surface area contributed by atoms with Crippen LogP contribution in [-0.2, 0) is 11.8 Å². The fourth-order valence-corrected chi connectivity index (χ4v) is 2.59. The molecule has 2 aromatic carbocycles. The van der Waals surface area contributed by atoms with Gasteiger partial charge in [-0.3, -0.25) is 9.59 Å². The summed E-state index contributed by atoms with van der Waals surface area (Å²) in [6.45, 7) is 1.91. The van der Waals surface area contributed by atoms with E-state index in [0.29, 0.717) is 11.0 Å². The first-order valence-electron chi connectivity index (χ1n) is 8.06. The molecule has 7 nitrogen and oxygen atoms in total. The monoisotopic (exact) mass is 351 g/mol. The molecule has 132 valence electrons. The normalized spacial score (nSPS) is 10.5. The summed E-state index contributed by atoms with van der Waals surface area (Å²) in [7, 11) is 1.58. The molecule has 3 rings (SSSR count). The number of rotatable bonds is 4. The predicted octanol–water partition coefficient (Wildman–Crippen LogP) is 2.36. The first kappa shape index (κ1) is 17.3. The summed E-state index contributed by atoms with van der Waals surface area (Å²) < 4.78 is 6.35. The summed E-state index contributed by atoms with van der Waals surface area (Å²) in [5.41, 5.74) is 0.854. The molecule has 0 unspecified atom stereocenters. The smallest absolute Gasteiger partial charge is 0.340 e. The molecule has 1 aromatic heterocycles. The van der Waals surface area contributed by atoms with E-state index in [0.717, 1.165) is 0 Å². The van der Waals surface area contributed by atoms with Crippen LogP contribution in [0.25, 0.3) is 11.0 Å². The first-order valence-corrected chi connectivity index (χ1v) is 8.06. The van der Waals surface area contributed by atoms with Crippen molar-refractivity contribution in [2.45, 2.75) is 6.92 Å². The zero-order chi connectivity index (χ0) is 18.7. The molecule has 0 saturated heterocycles. The topological polar surface area (TPSA) is 90.3 Å². The number of carbonyl (C=O) groups excluding carboxylic acids is 2. The summed E-state index contributed by atoms with van der Waals surface area (Å²) in [5.74, 6) is -1.24. The molecule has 0 bridgehead atoms. The molecular weight excluding hydrogens is 334 g/mol. The van der Waals surface area contributed by atoms with Gasteiger partial charge in [0.1, 0.15) is 0 Å². The zero-order valence-electron chi connectivity index (χ0n) is 14.4. The number of nitrogens with zero attached hydrogens (tertiary/aromatic N) is 2. The molecule has 26 heavy (non-hydrogen) atoms. The van der Waals surface area contributed by atoms with Crippen LogP contribution in [0.2, 0.25) is 0 Å². The lowest BCUT2D eigenvalue weighted by Gasteiger charge is -2.11. The Bertz CT molecular complexity index is 1060. The van der Waals surface area contributed by atoms with Crippen LogP contribution >= 0.6 is 0 Å². The Hall–Kier alpha value is -3.48. The van der Waals surface area contributed by atoms with Crippen LogP contribution in [0.15, 0.2) is 53.3 Å². The molecule has 0 aliphatic heterocycles. The molecule has 7 heteroatoms. The van der Waals surface area contributed by atoms with Gasteiger partial charge in [-0.05, 0) is 31.2 Å². The van der Waals surface area contributed by atoms with Crippen molar-refractivity contribution in [3.63, 3.8) is 0 Å². The van der Waals surface area contributed by atoms with Crippen LogP contribution in [0, 0.1) is 0 Å². The third kappa shape index (κ3) is 3.19. The molecule has 1 N–H and O–H groups in total. The van der Waals surface area contributed by atoms with Gasteiger partial charge in [-0.25, -0.2) is 9.78 Å². The van der Waals surface area contributed by atoms with Crippen LogP contribution in [0.3, 0.4) is 0 Å². The molecule has 0 aliphatic rings. The minimum Gasteiger partial charge on any atom is -0.462 e. The lowest BCUT2D eigenvalue weighted by molar-refractivity contribution is 0.0527. The Morgan fingerprint density at radius 3 is 2.58 bits per heavy atom. The van der Waals surface area contributed by atoms with E-state index in [1.54, 1.807) is 62.5 Å². The van der Waals surface area contributed by atoms with E-state index < -0.39 is 17.4 Å². The number of carbonyl (C=O) groups is 2. The third-order valence-corrected chi connectivity index (χ3v) is 3.87. The lowest BCUT2D eigenvalue weighted by atomic mass is 10.1. The van der Waals surface area contributed by atoms with E-state index in [9.17, 15) is 14.4 Å². The average Bonchev–Trinajstić information content (AvgIpc) is 2.65. The fourth-order valence-electron chi connectivity index (χ4n) is 2.59. The Kier molecular flexibility index (Phi) is 4.79. The van der Waals surface area contributed by atoms with Crippen molar-refractivity contribution >= 4 is 28.6 Å². The summed E-state index contributed by atoms with van der Waals surface area (Å²) >= 11 is 0. The lowest BCUT2D eigenvalue weighted by Crippen LogP contribution is -2.30. The van der Waals surface area contributed by atoms with Gasteiger partial charge in [0.25, 0.3) is 11.5 Å². The van der Waals surface area contributed by atoms with Crippen molar-refractivity contribution in [1.82, 2.24) is 9.55 Å². The van der Waals surface area contributed by atoms with Crippen LogP contribution in [0.1, 0.15) is 27.8 Å². The van der Waals surface area contributed by atoms with Gasteiger partial charge in [0.2, 0.25) is 0 Å². The molecule has 0 saturated carbocycles. The van der Waals surface area contributed by atoms with E-state index >= 15 is 0 Å². The number of aryl methyl sites for hydroxylation is 1. The fraction of sp³-hybridized carbons (Fsp3) is 0.158. The highest BCUT2D eigenvalue weighted by molar-refractivity contribution is 6.07. The van der Waals surface area contributed by atoms with Gasteiger partial charge in [0.05, 0.1) is 28.9 Å². The van der Waals surface area contributed by atoms with Crippen LogP contribution in [0.4, 0.5) is 5.69 Å². The van der Waals surface area contributed by atoms with Gasteiger partial charge in [-0.2, -0.15) is 0 Å². The summed E-state index contributed by atoms with van der Waals surface area (Å²) in [6, 6.07) is 13.5. The van der Waals surface area contributed by atoms with E-state index in [1.165, 1.54) is 4.57 Å². The molecule has 1 amide bonds. The van der Waals surface area contributed by atoms with Crippen LogP contribution in [0.5, 0.6) is 0 Å². The number of hydrogen-bond acceptors (Lipinski definition) is 5. The van der Waals surface area contributed by atoms with Gasteiger partial charge >= 0.3 is 5.97 Å². The number of nitrogens with one attached hydrogen (secondary N) is 1. The zero-order valence-corrected chi connectivity index (χ0v) is 14.4. The molecule has 0 radical (unpaired) electrons. The molecule has 3 aromatic rings. The highest BCUT2D eigenvalue weighted by atomic mass is 16.5. The van der Waals surface area contributed by atoms with E-state index in [1.807, 2.05) is 0 Å². The van der Waals surface area contributed by atoms with E-state index in [4.69, 9.17) is 4.74 Å².